The molecule has 0 fully saturated rings. The molecule has 58 valence electrons. The largest absolute Gasteiger partial charge is 0.359 e. The van der Waals surface area contributed by atoms with Gasteiger partial charge in [-0.3, -0.25) is 0 Å². The number of allylic oxidation sites excluding steroid dienone is 1. The summed E-state index contributed by atoms with van der Waals surface area (Å²) in [5, 5.41) is 0. The van der Waals surface area contributed by atoms with E-state index in [9.17, 15) is 0 Å². The van der Waals surface area contributed by atoms with E-state index in [0.717, 1.165) is 6.42 Å². The van der Waals surface area contributed by atoms with Gasteiger partial charge in [-0.05, 0) is 19.8 Å². The topological polar surface area (TPSA) is 18.5 Å². The van der Waals surface area contributed by atoms with Crippen LogP contribution in [0.5, 0.6) is 0 Å². The van der Waals surface area contributed by atoms with Crippen LogP contribution in [0.1, 0.15) is 19.8 Å². The molecule has 0 aliphatic heterocycles. The van der Waals surface area contributed by atoms with Crippen molar-refractivity contribution in [2.75, 3.05) is 13.9 Å². The van der Waals surface area contributed by atoms with Crippen LogP contribution in [-0.2, 0) is 9.47 Å². The van der Waals surface area contributed by atoms with Crippen LogP contribution in [-0.4, -0.2) is 20.0 Å². The summed E-state index contributed by atoms with van der Waals surface area (Å²) in [6, 6.07) is 0. The average Bonchev–Trinajstić information content (AvgIpc) is 2.67. The Kier molecular flexibility index (Phi) is 2.90. The maximum Gasteiger partial charge on any atom is 0.146 e. The summed E-state index contributed by atoms with van der Waals surface area (Å²) in [6.45, 7) is 2.48. The molecule has 0 radical (unpaired) electrons. The van der Waals surface area contributed by atoms with Crippen LogP contribution in [0.4, 0.5) is 0 Å². The Morgan fingerprint density at radius 2 is 2.40 bits per heavy atom. The molecule has 0 spiro atoms. The van der Waals surface area contributed by atoms with Crippen LogP contribution in [0.2, 0.25) is 0 Å². The normalized spacial score (nSPS) is 18.4. The van der Waals surface area contributed by atoms with Gasteiger partial charge in [0, 0.05) is 7.11 Å². The van der Waals surface area contributed by atoms with Crippen molar-refractivity contribution in [3.63, 3.8) is 0 Å². The number of hydrogen-bond acceptors (Lipinski definition) is 2. The molecule has 1 rings (SSSR count). The smallest absolute Gasteiger partial charge is 0.146 e. The molecule has 1 aliphatic carbocycles. The molecule has 0 aromatic rings. The molecule has 0 amide bonds. The number of hydrogen-bond donors (Lipinski definition) is 0. The zero-order chi connectivity index (χ0) is 7.40. The lowest BCUT2D eigenvalue weighted by molar-refractivity contribution is -0.0642. The number of rotatable bonds is 5. The number of methoxy groups -OCH3 is 1. The third kappa shape index (κ3) is 2.99. The molecular formula is C8H14O2. The second kappa shape index (κ2) is 3.74. The van der Waals surface area contributed by atoms with Crippen molar-refractivity contribution in [3.8, 4) is 0 Å². The summed E-state index contributed by atoms with van der Waals surface area (Å²) >= 11 is 0. The molecule has 0 bridgehead atoms. The monoisotopic (exact) mass is 142 g/mol. The van der Waals surface area contributed by atoms with Crippen LogP contribution in [0.25, 0.3) is 0 Å². The van der Waals surface area contributed by atoms with Gasteiger partial charge < -0.3 is 9.47 Å². The van der Waals surface area contributed by atoms with Crippen LogP contribution >= 0.6 is 0 Å². The first kappa shape index (κ1) is 7.76. The van der Waals surface area contributed by atoms with E-state index in [0.29, 0.717) is 12.9 Å². The van der Waals surface area contributed by atoms with Gasteiger partial charge in [-0.25, -0.2) is 0 Å². The maximum absolute atomic E-state index is 5.28. The minimum atomic E-state index is 0.314. The van der Waals surface area contributed by atoms with Crippen molar-refractivity contribution >= 4 is 0 Å². The predicted molar refractivity (Wildman–Crippen MR) is 39.7 cm³/mol. The highest BCUT2D eigenvalue weighted by molar-refractivity contribution is 5.21. The Hall–Kier alpha value is -0.340. The quantitative estimate of drug-likeness (QED) is 0.430. The third-order valence-corrected chi connectivity index (χ3v) is 1.51. The van der Waals surface area contributed by atoms with Crippen molar-refractivity contribution in [2.45, 2.75) is 25.9 Å². The Morgan fingerprint density at radius 3 is 2.90 bits per heavy atom. The third-order valence-electron chi connectivity index (χ3n) is 1.51. The molecule has 0 saturated carbocycles. The van der Waals surface area contributed by atoms with Gasteiger partial charge in [0.15, 0.2) is 0 Å². The van der Waals surface area contributed by atoms with E-state index in [1.807, 2.05) is 0 Å². The Balaban J connectivity index is 1.97. The Morgan fingerprint density at radius 1 is 1.70 bits per heavy atom. The highest BCUT2D eigenvalue weighted by atomic mass is 16.7. The Labute approximate surface area is 61.8 Å². The molecule has 0 unspecified atom stereocenters. The first-order chi connectivity index (χ1) is 4.83. The van der Waals surface area contributed by atoms with Crippen molar-refractivity contribution < 1.29 is 9.47 Å². The SMILES string of the molecule is COCO[C@H](C)CC1=CC1. The zero-order valence-corrected chi connectivity index (χ0v) is 6.59. The van der Waals surface area contributed by atoms with Gasteiger partial charge in [0.05, 0.1) is 6.10 Å². The van der Waals surface area contributed by atoms with Crippen LogP contribution in [0, 0.1) is 0 Å². The van der Waals surface area contributed by atoms with E-state index in [1.54, 1.807) is 7.11 Å². The molecule has 0 aromatic carbocycles. The van der Waals surface area contributed by atoms with Crippen molar-refractivity contribution in [3.05, 3.63) is 11.6 Å². The van der Waals surface area contributed by atoms with Gasteiger partial charge in [0.2, 0.25) is 0 Å². The maximum atomic E-state index is 5.28. The van der Waals surface area contributed by atoms with E-state index in [1.165, 1.54) is 12.0 Å². The molecule has 10 heavy (non-hydrogen) atoms. The fraction of sp³-hybridized carbons (Fsp3) is 0.750. The first-order valence-electron chi connectivity index (χ1n) is 3.61. The zero-order valence-electron chi connectivity index (χ0n) is 6.59. The predicted octanol–water partition coefficient (Wildman–Crippen LogP) is 1.72. The minimum absolute atomic E-state index is 0.314. The summed E-state index contributed by atoms with van der Waals surface area (Å²) in [5.41, 5.74) is 1.52. The lowest BCUT2D eigenvalue weighted by atomic mass is 10.2. The molecule has 2 nitrogen and oxygen atoms in total. The highest BCUT2D eigenvalue weighted by Crippen LogP contribution is 2.24. The van der Waals surface area contributed by atoms with Crippen LogP contribution in [0.3, 0.4) is 0 Å². The summed E-state index contributed by atoms with van der Waals surface area (Å²) in [6.07, 6.45) is 4.81. The average molecular weight is 142 g/mol. The van der Waals surface area contributed by atoms with Crippen molar-refractivity contribution in [1.82, 2.24) is 0 Å². The van der Waals surface area contributed by atoms with E-state index in [4.69, 9.17) is 9.47 Å². The second-order valence-electron chi connectivity index (χ2n) is 2.65. The van der Waals surface area contributed by atoms with Crippen molar-refractivity contribution in [2.24, 2.45) is 0 Å². The highest BCUT2D eigenvalue weighted by Gasteiger charge is 2.11. The van der Waals surface area contributed by atoms with E-state index < -0.39 is 0 Å². The first-order valence-corrected chi connectivity index (χ1v) is 3.61. The molecule has 2 heteroatoms. The fourth-order valence-electron chi connectivity index (χ4n) is 0.851. The summed E-state index contributed by atoms with van der Waals surface area (Å²) in [7, 11) is 1.64. The lowest BCUT2D eigenvalue weighted by Gasteiger charge is -2.09. The van der Waals surface area contributed by atoms with E-state index in [-0.39, 0.29) is 0 Å². The van der Waals surface area contributed by atoms with Crippen LogP contribution < -0.4 is 0 Å². The molecule has 0 N–H and O–H groups in total. The lowest BCUT2D eigenvalue weighted by Crippen LogP contribution is -2.09. The summed E-state index contributed by atoms with van der Waals surface area (Å²) < 4.78 is 10.1. The summed E-state index contributed by atoms with van der Waals surface area (Å²) in [5.74, 6) is 0. The molecule has 0 saturated heterocycles. The van der Waals surface area contributed by atoms with E-state index >= 15 is 0 Å². The van der Waals surface area contributed by atoms with Gasteiger partial charge in [-0.15, -0.1) is 0 Å². The van der Waals surface area contributed by atoms with Gasteiger partial charge in [0.1, 0.15) is 6.79 Å². The second-order valence-corrected chi connectivity index (χ2v) is 2.65. The molecule has 1 atom stereocenters. The number of ether oxygens (including phenoxy) is 2. The Bertz CT molecular complexity index is 129. The molecule has 0 aromatic heterocycles. The minimum Gasteiger partial charge on any atom is -0.359 e. The standard InChI is InChI=1S/C8H14O2/c1-7(10-6-9-2)5-8-3-4-8/h3,7H,4-6H2,1-2H3/t7-/m1/s1. The molecule has 0 heterocycles. The van der Waals surface area contributed by atoms with E-state index in [2.05, 4.69) is 13.0 Å². The summed E-state index contributed by atoms with van der Waals surface area (Å²) in [4.78, 5) is 0. The van der Waals surface area contributed by atoms with Gasteiger partial charge >= 0.3 is 0 Å². The van der Waals surface area contributed by atoms with Gasteiger partial charge in [0.25, 0.3) is 0 Å². The molecular weight excluding hydrogens is 128 g/mol. The van der Waals surface area contributed by atoms with Crippen LogP contribution in [0.15, 0.2) is 11.6 Å². The van der Waals surface area contributed by atoms with Gasteiger partial charge in [-0.2, -0.15) is 0 Å². The fourth-order valence-corrected chi connectivity index (χ4v) is 0.851. The van der Waals surface area contributed by atoms with Gasteiger partial charge in [-0.1, -0.05) is 11.6 Å². The van der Waals surface area contributed by atoms with Crippen molar-refractivity contribution in [1.29, 1.82) is 0 Å². The molecule has 1 aliphatic rings.